The van der Waals surface area contributed by atoms with Crippen molar-refractivity contribution in [1.29, 1.82) is 0 Å². The van der Waals surface area contributed by atoms with Gasteiger partial charge in [-0.3, -0.25) is 0 Å². The van der Waals surface area contributed by atoms with Crippen LogP contribution in [0.2, 0.25) is 11.1 Å². The van der Waals surface area contributed by atoms with Gasteiger partial charge in [0.1, 0.15) is 0 Å². The first-order valence-electron chi connectivity index (χ1n) is 8.88. The Morgan fingerprint density at radius 3 is 1.97 bits per heavy atom. The zero-order chi connectivity index (χ0) is 22.2. The number of hydrogen-bond donors (Lipinski definition) is 0. The van der Waals surface area contributed by atoms with Crippen LogP contribution in [-0.4, -0.2) is 12.0 Å². The third-order valence-electron chi connectivity index (χ3n) is 4.44. The molecular weight excluding hydrogens is 568 g/mol. The van der Waals surface area contributed by atoms with E-state index in [9.17, 15) is 0 Å². The number of rotatable bonds is 7. The van der Waals surface area contributed by atoms with E-state index >= 15 is 0 Å². The van der Waals surface area contributed by atoms with Gasteiger partial charge in [-0.1, -0.05) is 54.9 Å². The van der Waals surface area contributed by atoms with Crippen LogP contribution >= 0.6 is 89.7 Å². The molecule has 0 spiro atoms. The average Bonchev–Trinajstić information content (AvgIpc) is 2.62. The Morgan fingerprint density at radius 1 is 0.862 bits per heavy atom. The molecule has 0 fully saturated rings. The number of benzene rings is 2. The molecule has 1 atom stereocenters. The number of alkyl halides is 1. The first-order valence-corrected chi connectivity index (χ1v) is 20.1. The topological polar surface area (TPSA) is 0 Å². The molecule has 0 bridgehead atoms. The van der Waals surface area contributed by atoms with Crippen LogP contribution in [-0.2, 0) is 12.3 Å². The van der Waals surface area contributed by atoms with E-state index in [2.05, 4.69) is 6.07 Å². The lowest BCUT2D eigenvalue weighted by atomic mass is 10.0. The van der Waals surface area contributed by atoms with Crippen molar-refractivity contribution in [2.45, 2.75) is 44.2 Å². The summed E-state index contributed by atoms with van der Waals surface area (Å²) >= 11 is 47.2. The van der Waals surface area contributed by atoms with E-state index in [1.54, 1.807) is 0 Å². The van der Waals surface area contributed by atoms with Gasteiger partial charge in [0, 0.05) is 16.4 Å². The highest BCUT2D eigenvalue weighted by molar-refractivity contribution is 7.65. The van der Waals surface area contributed by atoms with Gasteiger partial charge in [-0.2, -0.15) is 0 Å². The van der Waals surface area contributed by atoms with E-state index in [4.69, 9.17) is 89.7 Å². The molecule has 0 heterocycles. The summed E-state index contributed by atoms with van der Waals surface area (Å²) in [6, 6.07) is 9.35. The van der Waals surface area contributed by atoms with E-state index in [1.807, 2.05) is 50.2 Å². The van der Waals surface area contributed by atoms with Crippen molar-refractivity contribution in [3.05, 3.63) is 69.7 Å². The number of halogens is 8. The van der Waals surface area contributed by atoms with Gasteiger partial charge < -0.3 is 0 Å². The lowest BCUT2D eigenvalue weighted by Gasteiger charge is -2.20. The molecule has 0 aliphatic carbocycles. The van der Waals surface area contributed by atoms with Gasteiger partial charge in [0.15, 0.2) is 0 Å². The minimum absolute atomic E-state index is 0.0359. The molecular formula is C19H22Cl8Si2. The van der Waals surface area contributed by atoms with Crippen LogP contribution in [0.3, 0.4) is 0 Å². The summed E-state index contributed by atoms with van der Waals surface area (Å²) in [6.07, 6.45) is 1.85. The van der Waals surface area contributed by atoms with Crippen molar-refractivity contribution in [3.63, 3.8) is 0 Å². The minimum atomic E-state index is -2.70. The molecule has 1 unspecified atom stereocenters. The third kappa shape index (κ3) is 10.6. The van der Waals surface area contributed by atoms with Crippen molar-refractivity contribution < 1.29 is 0 Å². The molecule has 162 valence electrons. The molecule has 0 aliphatic rings. The molecule has 2 aromatic carbocycles. The Hall–Kier alpha value is 1.19. The van der Waals surface area contributed by atoms with E-state index in [0.717, 1.165) is 29.0 Å². The minimum Gasteiger partial charge on any atom is -0.126 e. The molecule has 2 aromatic rings. The summed E-state index contributed by atoms with van der Waals surface area (Å²) in [5, 5.41) is 0.720. The van der Waals surface area contributed by atoms with E-state index in [1.165, 1.54) is 11.1 Å². The molecule has 0 N–H and O–H groups in total. The molecule has 0 aromatic heterocycles. The third-order valence-corrected chi connectivity index (χ3v) is 12.0. The fourth-order valence-electron chi connectivity index (χ4n) is 2.68. The van der Waals surface area contributed by atoms with Crippen molar-refractivity contribution >= 4 is 102 Å². The predicted molar refractivity (Wildman–Crippen MR) is 140 cm³/mol. The van der Waals surface area contributed by atoms with Gasteiger partial charge in [0.05, 0.1) is 0 Å². The van der Waals surface area contributed by atoms with E-state index < -0.39 is 12.0 Å². The van der Waals surface area contributed by atoms with Crippen LogP contribution in [0.5, 0.6) is 0 Å². The Labute approximate surface area is 213 Å². The molecule has 10 heteroatoms. The van der Waals surface area contributed by atoms with Crippen molar-refractivity contribution in [2.75, 3.05) is 0 Å². The lowest BCUT2D eigenvalue weighted by molar-refractivity contribution is 0.904. The maximum atomic E-state index is 5.99. The fourth-order valence-corrected chi connectivity index (χ4v) is 6.63. The van der Waals surface area contributed by atoms with Crippen LogP contribution in [0.4, 0.5) is 0 Å². The largest absolute Gasteiger partial charge is 0.348 e. The Balaban J connectivity index is 0.000000291. The normalized spacial score (nSPS) is 12.9. The first-order chi connectivity index (χ1) is 13.4. The summed E-state index contributed by atoms with van der Waals surface area (Å²) in [5.41, 5.74) is 4.43. The zero-order valence-electron chi connectivity index (χ0n) is 16.0. The van der Waals surface area contributed by atoms with E-state index in [0.29, 0.717) is 11.9 Å². The van der Waals surface area contributed by atoms with Gasteiger partial charge in [0.25, 0.3) is 0 Å². The molecule has 0 amide bonds. The van der Waals surface area contributed by atoms with Crippen LogP contribution in [0.25, 0.3) is 0 Å². The molecule has 0 nitrogen and oxygen atoms in total. The zero-order valence-corrected chi connectivity index (χ0v) is 24.0. The van der Waals surface area contributed by atoms with Gasteiger partial charge in [-0.25, -0.2) is 0 Å². The summed E-state index contributed by atoms with van der Waals surface area (Å²) in [4.78, 5) is 0. The van der Waals surface area contributed by atoms with Crippen LogP contribution in [0.15, 0.2) is 42.5 Å². The molecule has 0 radical (unpaired) electrons. The van der Waals surface area contributed by atoms with E-state index in [-0.39, 0.29) is 5.54 Å². The Morgan fingerprint density at radius 2 is 1.45 bits per heavy atom. The molecule has 0 saturated heterocycles. The second kappa shape index (κ2) is 13.0. The highest BCUT2D eigenvalue weighted by atomic mass is 35.8. The second-order valence-corrected chi connectivity index (χ2v) is 25.6. The van der Waals surface area contributed by atoms with Crippen molar-refractivity contribution in [3.8, 4) is 0 Å². The van der Waals surface area contributed by atoms with Gasteiger partial charge in [0.2, 0.25) is 0 Å². The lowest BCUT2D eigenvalue weighted by Crippen LogP contribution is -2.21. The maximum Gasteiger partial charge on any atom is 0.348 e. The quantitative estimate of drug-likeness (QED) is 0.171. The van der Waals surface area contributed by atoms with Crippen LogP contribution < -0.4 is 0 Å². The molecule has 29 heavy (non-hydrogen) atoms. The molecule has 0 saturated carbocycles. The maximum absolute atomic E-state index is 5.99. The Bertz CT molecular complexity index is 772. The standard InChI is InChI=1S/C10H12Cl4Si.C9H10Cl4Si/c11-8-10-5-2-1-4-9(10)6-3-7-15(12,13)14;1-6-8(4-3-5-9(6)10)7(2)14(11,12)13/h1-2,4-5H,3,6-8H2;3-5,7H,1-2H3. The highest BCUT2D eigenvalue weighted by Gasteiger charge is 2.35. The number of aryl methyl sites for hydroxylation is 1. The van der Waals surface area contributed by atoms with Crippen molar-refractivity contribution in [1.82, 2.24) is 0 Å². The van der Waals surface area contributed by atoms with Gasteiger partial charge in [-0.05, 0) is 54.1 Å². The second-order valence-electron chi connectivity index (χ2n) is 6.59. The first kappa shape index (κ1) is 28.2. The number of hydrogen-bond acceptors (Lipinski definition) is 0. The fraction of sp³-hybridized carbons (Fsp3) is 0.368. The van der Waals surface area contributed by atoms with Crippen LogP contribution in [0, 0.1) is 6.92 Å². The Kier molecular flexibility index (Phi) is 12.7. The molecule has 2 rings (SSSR count). The summed E-state index contributed by atoms with van der Waals surface area (Å²) in [7, 11) is 0. The predicted octanol–water partition coefficient (Wildman–Crippen LogP) is 9.96. The molecule has 0 aliphatic heterocycles. The van der Waals surface area contributed by atoms with Gasteiger partial charge >= 0.3 is 12.0 Å². The summed E-state index contributed by atoms with van der Waals surface area (Å²) < 4.78 is 0. The van der Waals surface area contributed by atoms with Gasteiger partial charge in [-0.15, -0.1) is 78.1 Å². The van der Waals surface area contributed by atoms with Crippen molar-refractivity contribution in [2.24, 2.45) is 0 Å². The monoisotopic (exact) mass is 586 g/mol. The summed E-state index contributed by atoms with van der Waals surface area (Å²) in [5.74, 6) is 0.543. The average molecular weight is 590 g/mol. The highest BCUT2D eigenvalue weighted by Crippen LogP contribution is 2.38. The van der Waals surface area contributed by atoms with Crippen LogP contribution in [0.1, 0.15) is 41.1 Å². The SMILES string of the molecule is Cc1c(Cl)cccc1C(C)[Si](Cl)(Cl)Cl.ClCc1ccccc1CCC[Si](Cl)(Cl)Cl. The smallest absolute Gasteiger partial charge is 0.126 e. The summed E-state index contributed by atoms with van der Waals surface area (Å²) in [6.45, 7) is 3.87.